The van der Waals surface area contributed by atoms with Gasteiger partial charge in [0.25, 0.3) is 0 Å². The summed E-state index contributed by atoms with van der Waals surface area (Å²) in [7, 11) is 1.58. The van der Waals surface area contributed by atoms with Crippen molar-refractivity contribution in [2.75, 3.05) is 12.4 Å². The van der Waals surface area contributed by atoms with Crippen LogP contribution in [0.15, 0.2) is 54.7 Å². The molecule has 0 unspecified atom stereocenters. The van der Waals surface area contributed by atoms with Gasteiger partial charge in [0.15, 0.2) is 0 Å². The molecule has 1 amide bonds. The SMILES string of the molecule is COc1cccc(NC(=O)Cc2cn(O)c3ccccc23)c1. The Hall–Kier alpha value is -2.95. The highest BCUT2D eigenvalue weighted by atomic mass is 16.5. The van der Waals surface area contributed by atoms with Crippen molar-refractivity contribution < 1.29 is 14.7 Å². The molecule has 112 valence electrons. The molecule has 0 spiro atoms. The Labute approximate surface area is 127 Å². The van der Waals surface area contributed by atoms with Crippen molar-refractivity contribution in [2.24, 2.45) is 0 Å². The Bertz CT molecular complexity index is 824. The third-order valence-corrected chi connectivity index (χ3v) is 3.48. The van der Waals surface area contributed by atoms with E-state index < -0.39 is 0 Å². The highest BCUT2D eigenvalue weighted by Crippen LogP contribution is 2.21. The zero-order valence-electron chi connectivity index (χ0n) is 12.1. The van der Waals surface area contributed by atoms with Gasteiger partial charge in [0.1, 0.15) is 5.75 Å². The third kappa shape index (κ3) is 2.74. The number of carbonyl (C=O) groups is 1. The van der Waals surface area contributed by atoms with Gasteiger partial charge in [-0.05, 0) is 23.8 Å². The van der Waals surface area contributed by atoms with Crippen molar-refractivity contribution in [3.63, 3.8) is 0 Å². The van der Waals surface area contributed by atoms with Gasteiger partial charge in [-0.15, -0.1) is 0 Å². The minimum absolute atomic E-state index is 0.149. The van der Waals surface area contributed by atoms with Crippen LogP contribution in [0.25, 0.3) is 10.9 Å². The normalized spacial score (nSPS) is 10.6. The van der Waals surface area contributed by atoms with E-state index in [1.807, 2.05) is 30.3 Å². The predicted octanol–water partition coefficient (Wildman–Crippen LogP) is 3.07. The first-order chi connectivity index (χ1) is 10.7. The van der Waals surface area contributed by atoms with Crippen LogP contribution in [-0.2, 0) is 11.2 Å². The van der Waals surface area contributed by atoms with Crippen LogP contribution in [0.4, 0.5) is 5.69 Å². The number of carbonyl (C=O) groups excluding carboxylic acids is 1. The molecule has 1 heterocycles. The fourth-order valence-electron chi connectivity index (χ4n) is 2.45. The number of nitrogens with one attached hydrogen (secondary N) is 1. The number of benzene rings is 2. The van der Waals surface area contributed by atoms with Crippen LogP contribution < -0.4 is 10.1 Å². The van der Waals surface area contributed by atoms with Crippen LogP contribution in [0.2, 0.25) is 0 Å². The molecule has 0 aliphatic carbocycles. The molecule has 0 fully saturated rings. The zero-order valence-corrected chi connectivity index (χ0v) is 12.1. The monoisotopic (exact) mass is 296 g/mol. The van der Waals surface area contributed by atoms with Gasteiger partial charge in [-0.3, -0.25) is 4.79 Å². The third-order valence-electron chi connectivity index (χ3n) is 3.48. The second-order valence-corrected chi connectivity index (χ2v) is 4.97. The van der Waals surface area contributed by atoms with Crippen molar-refractivity contribution in [2.45, 2.75) is 6.42 Å². The molecule has 3 rings (SSSR count). The van der Waals surface area contributed by atoms with E-state index >= 15 is 0 Å². The average molecular weight is 296 g/mol. The van der Waals surface area contributed by atoms with E-state index in [9.17, 15) is 10.0 Å². The fourth-order valence-corrected chi connectivity index (χ4v) is 2.45. The Kier molecular flexibility index (Phi) is 3.70. The molecule has 0 atom stereocenters. The Balaban J connectivity index is 1.78. The molecule has 3 aromatic rings. The Morgan fingerprint density at radius 2 is 2.05 bits per heavy atom. The lowest BCUT2D eigenvalue weighted by Gasteiger charge is -2.06. The molecule has 22 heavy (non-hydrogen) atoms. The van der Waals surface area contributed by atoms with Crippen LogP contribution in [0.3, 0.4) is 0 Å². The van der Waals surface area contributed by atoms with E-state index in [0.29, 0.717) is 17.0 Å². The fraction of sp³-hybridized carbons (Fsp3) is 0.118. The summed E-state index contributed by atoms with van der Waals surface area (Å²) in [6.07, 6.45) is 1.75. The average Bonchev–Trinajstić information content (AvgIpc) is 2.84. The summed E-state index contributed by atoms with van der Waals surface area (Å²) in [5, 5.41) is 13.5. The van der Waals surface area contributed by atoms with Gasteiger partial charge in [0, 0.05) is 23.3 Å². The molecule has 5 nitrogen and oxygen atoms in total. The van der Waals surface area contributed by atoms with E-state index in [2.05, 4.69) is 5.32 Å². The van der Waals surface area contributed by atoms with Gasteiger partial charge in [-0.1, -0.05) is 24.3 Å². The number of methoxy groups -OCH3 is 1. The first-order valence-corrected chi connectivity index (χ1v) is 6.89. The number of fused-ring (bicyclic) bond motifs is 1. The molecule has 0 bridgehead atoms. The van der Waals surface area contributed by atoms with Gasteiger partial charge in [-0.2, -0.15) is 4.73 Å². The smallest absolute Gasteiger partial charge is 0.228 e. The van der Waals surface area contributed by atoms with Crippen LogP contribution in [0.1, 0.15) is 5.56 Å². The number of rotatable bonds is 4. The molecule has 0 aliphatic rings. The summed E-state index contributed by atoms with van der Waals surface area (Å²) < 4.78 is 6.17. The van der Waals surface area contributed by atoms with Crippen molar-refractivity contribution >= 4 is 22.5 Å². The first kappa shape index (κ1) is 14.0. The number of anilines is 1. The van der Waals surface area contributed by atoms with Gasteiger partial charge in [0.2, 0.25) is 5.91 Å². The summed E-state index contributed by atoms with van der Waals surface area (Å²) in [5.74, 6) is 0.536. The minimum Gasteiger partial charge on any atom is -0.497 e. The second-order valence-electron chi connectivity index (χ2n) is 4.97. The highest BCUT2D eigenvalue weighted by molar-refractivity contribution is 5.96. The summed E-state index contributed by atoms with van der Waals surface area (Å²) in [6.45, 7) is 0. The van der Waals surface area contributed by atoms with Crippen LogP contribution in [0.5, 0.6) is 5.75 Å². The van der Waals surface area contributed by atoms with Gasteiger partial charge in [-0.25, -0.2) is 0 Å². The van der Waals surface area contributed by atoms with E-state index in [1.165, 1.54) is 0 Å². The van der Waals surface area contributed by atoms with E-state index in [1.54, 1.807) is 31.5 Å². The van der Waals surface area contributed by atoms with Crippen LogP contribution in [-0.4, -0.2) is 23.0 Å². The van der Waals surface area contributed by atoms with E-state index in [-0.39, 0.29) is 12.3 Å². The Morgan fingerprint density at radius 3 is 2.86 bits per heavy atom. The minimum atomic E-state index is -0.149. The lowest BCUT2D eigenvalue weighted by Crippen LogP contribution is -2.14. The number of amides is 1. The molecule has 0 aliphatic heterocycles. The number of para-hydroxylation sites is 1. The van der Waals surface area contributed by atoms with Crippen LogP contribution in [0, 0.1) is 0 Å². The Morgan fingerprint density at radius 1 is 1.23 bits per heavy atom. The molecule has 0 radical (unpaired) electrons. The largest absolute Gasteiger partial charge is 0.497 e. The molecular weight excluding hydrogens is 280 g/mol. The van der Waals surface area contributed by atoms with Gasteiger partial charge < -0.3 is 15.3 Å². The van der Waals surface area contributed by atoms with Crippen molar-refractivity contribution in [1.82, 2.24) is 4.73 Å². The zero-order chi connectivity index (χ0) is 15.5. The first-order valence-electron chi connectivity index (χ1n) is 6.89. The summed E-state index contributed by atoms with van der Waals surface area (Å²) in [6, 6.07) is 14.6. The quantitative estimate of drug-likeness (QED) is 0.727. The predicted molar refractivity (Wildman–Crippen MR) is 84.5 cm³/mol. The molecule has 5 heteroatoms. The van der Waals surface area contributed by atoms with Gasteiger partial charge >= 0.3 is 0 Å². The summed E-state index contributed by atoms with van der Waals surface area (Å²) in [4.78, 5) is 12.2. The van der Waals surface area contributed by atoms with Crippen molar-refractivity contribution in [3.8, 4) is 5.75 Å². The number of hydrogen-bond acceptors (Lipinski definition) is 3. The molecule has 0 saturated heterocycles. The maximum atomic E-state index is 12.2. The maximum absolute atomic E-state index is 12.2. The van der Waals surface area contributed by atoms with Gasteiger partial charge in [0.05, 0.1) is 19.0 Å². The van der Waals surface area contributed by atoms with Crippen molar-refractivity contribution in [3.05, 3.63) is 60.3 Å². The summed E-state index contributed by atoms with van der Waals surface area (Å²) in [5.41, 5.74) is 2.14. The number of hydrogen-bond donors (Lipinski definition) is 2. The standard InChI is InChI=1S/C17H16N2O3/c1-22-14-6-4-5-13(10-14)18-17(20)9-12-11-19(21)16-8-3-2-7-15(12)16/h2-8,10-11,21H,9H2,1H3,(H,18,20). The number of nitrogens with zero attached hydrogens (tertiary/aromatic N) is 1. The summed E-state index contributed by atoms with van der Waals surface area (Å²) >= 11 is 0. The highest BCUT2D eigenvalue weighted by Gasteiger charge is 2.11. The van der Waals surface area contributed by atoms with E-state index in [4.69, 9.17) is 4.74 Å². The lowest BCUT2D eigenvalue weighted by atomic mass is 10.1. The lowest BCUT2D eigenvalue weighted by molar-refractivity contribution is -0.115. The molecule has 2 aromatic carbocycles. The number of ether oxygens (including phenoxy) is 1. The molecule has 1 aromatic heterocycles. The maximum Gasteiger partial charge on any atom is 0.228 e. The molecular formula is C17H16N2O3. The second kappa shape index (κ2) is 5.81. The van der Waals surface area contributed by atoms with Crippen LogP contribution >= 0.6 is 0 Å². The van der Waals surface area contributed by atoms with E-state index in [0.717, 1.165) is 15.7 Å². The topological polar surface area (TPSA) is 63.5 Å². The number of aromatic nitrogens is 1. The molecule has 0 saturated carbocycles. The molecule has 2 N–H and O–H groups in total. The van der Waals surface area contributed by atoms with Crippen molar-refractivity contribution in [1.29, 1.82) is 0 Å².